The van der Waals surface area contributed by atoms with E-state index in [9.17, 15) is 0 Å². The maximum atomic E-state index is 8.74. The largest absolute Gasteiger partial charge is 0.392 e. The first-order chi connectivity index (χ1) is 5.72. The highest BCUT2D eigenvalue weighted by molar-refractivity contribution is 9.11. The van der Waals surface area contributed by atoms with Crippen molar-refractivity contribution in [3.05, 3.63) is 32.7 Å². The van der Waals surface area contributed by atoms with Crippen molar-refractivity contribution in [1.82, 2.24) is 0 Å². The molecule has 1 aromatic carbocycles. The monoisotopic (exact) mass is 294 g/mol. The minimum absolute atomic E-state index is 0.0814. The zero-order valence-electron chi connectivity index (χ0n) is 7.14. The van der Waals surface area contributed by atoms with Gasteiger partial charge < -0.3 is 5.11 Å². The van der Waals surface area contributed by atoms with Crippen LogP contribution in [0.25, 0.3) is 0 Å². The highest BCUT2D eigenvalue weighted by Crippen LogP contribution is 2.19. The minimum atomic E-state index is 0.0814. The van der Waals surface area contributed by atoms with Gasteiger partial charge in [-0.05, 0) is 23.8 Å². The molecule has 0 unspecified atom stereocenters. The molecule has 0 aromatic heterocycles. The van der Waals surface area contributed by atoms with Crippen LogP contribution in [0.4, 0.5) is 0 Å². The molecule has 3 heteroatoms. The van der Waals surface area contributed by atoms with E-state index in [1.54, 1.807) is 0 Å². The molecule has 0 aliphatic carbocycles. The highest BCUT2D eigenvalue weighted by Gasteiger charge is 1.94. The first kappa shape index (κ1) is 12.1. The van der Waals surface area contributed by atoms with E-state index in [1.807, 2.05) is 32.0 Å². The fraction of sp³-hybridized carbons (Fsp3) is 0.333. The van der Waals surface area contributed by atoms with Gasteiger partial charge in [-0.2, -0.15) is 0 Å². The van der Waals surface area contributed by atoms with Crippen LogP contribution < -0.4 is 0 Å². The summed E-state index contributed by atoms with van der Waals surface area (Å²) in [6, 6.07) is 5.69. The van der Waals surface area contributed by atoms with Gasteiger partial charge in [-0.1, -0.05) is 45.7 Å². The Labute approximate surface area is 90.1 Å². The molecular formula is C9H12Br2O. The standard InChI is InChI=1S/C7H6Br2O.C2H6/c8-6-1-5(4-10)2-7(9)3-6;1-2/h1-3,10H,4H2;1-2H3. The van der Waals surface area contributed by atoms with E-state index in [2.05, 4.69) is 31.9 Å². The quantitative estimate of drug-likeness (QED) is 0.837. The lowest BCUT2D eigenvalue weighted by Crippen LogP contribution is -1.81. The van der Waals surface area contributed by atoms with Crippen LogP contribution in [0.5, 0.6) is 0 Å². The van der Waals surface area contributed by atoms with Crippen molar-refractivity contribution < 1.29 is 5.11 Å². The molecule has 0 atom stereocenters. The number of hydrogen-bond acceptors (Lipinski definition) is 1. The number of hydrogen-bond donors (Lipinski definition) is 1. The molecule has 0 aliphatic rings. The average Bonchev–Trinajstić information content (AvgIpc) is 2.06. The Morgan fingerprint density at radius 2 is 1.50 bits per heavy atom. The fourth-order valence-electron chi connectivity index (χ4n) is 0.702. The summed E-state index contributed by atoms with van der Waals surface area (Å²) < 4.78 is 1.96. The molecule has 1 N–H and O–H groups in total. The van der Waals surface area contributed by atoms with Gasteiger partial charge in [0.05, 0.1) is 6.61 Å². The van der Waals surface area contributed by atoms with Crippen LogP contribution in [-0.2, 0) is 6.61 Å². The molecule has 0 aliphatic heterocycles. The molecule has 0 amide bonds. The van der Waals surface area contributed by atoms with E-state index in [4.69, 9.17) is 5.11 Å². The maximum Gasteiger partial charge on any atom is 0.0682 e. The van der Waals surface area contributed by atoms with Gasteiger partial charge in [-0.15, -0.1) is 0 Å². The molecule has 0 saturated carbocycles. The van der Waals surface area contributed by atoms with Gasteiger partial charge >= 0.3 is 0 Å². The summed E-state index contributed by atoms with van der Waals surface area (Å²) in [4.78, 5) is 0. The van der Waals surface area contributed by atoms with E-state index >= 15 is 0 Å². The molecule has 0 radical (unpaired) electrons. The Bertz CT molecular complexity index is 216. The van der Waals surface area contributed by atoms with Crippen LogP contribution in [0.1, 0.15) is 19.4 Å². The lowest BCUT2D eigenvalue weighted by atomic mass is 10.2. The normalized spacial score (nSPS) is 8.75. The fourth-order valence-corrected chi connectivity index (χ4v) is 2.09. The van der Waals surface area contributed by atoms with E-state index in [0.29, 0.717) is 0 Å². The SMILES string of the molecule is CC.OCc1cc(Br)cc(Br)c1. The van der Waals surface area contributed by atoms with E-state index in [1.165, 1.54) is 0 Å². The van der Waals surface area contributed by atoms with Crippen molar-refractivity contribution in [2.24, 2.45) is 0 Å². The molecule has 12 heavy (non-hydrogen) atoms. The van der Waals surface area contributed by atoms with Crippen LogP contribution in [0.2, 0.25) is 0 Å². The summed E-state index contributed by atoms with van der Waals surface area (Å²) in [5.74, 6) is 0. The molecule has 1 rings (SSSR count). The van der Waals surface area contributed by atoms with Gasteiger partial charge in [0.2, 0.25) is 0 Å². The molecule has 68 valence electrons. The summed E-state index contributed by atoms with van der Waals surface area (Å²) in [5.41, 5.74) is 0.904. The van der Waals surface area contributed by atoms with Gasteiger partial charge in [0, 0.05) is 8.95 Å². The third kappa shape index (κ3) is 4.24. The van der Waals surface area contributed by atoms with Gasteiger partial charge in [0.15, 0.2) is 0 Å². The topological polar surface area (TPSA) is 20.2 Å². The van der Waals surface area contributed by atoms with Crippen LogP contribution in [-0.4, -0.2) is 5.11 Å². The third-order valence-corrected chi connectivity index (χ3v) is 2.02. The molecule has 0 spiro atoms. The van der Waals surface area contributed by atoms with Crippen molar-refractivity contribution in [2.45, 2.75) is 20.5 Å². The van der Waals surface area contributed by atoms with Crippen molar-refractivity contribution in [3.8, 4) is 0 Å². The summed E-state index contributed by atoms with van der Waals surface area (Å²) >= 11 is 6.63. The molecule has 0 heterocycles. The molecular weight excluding hydrogens is 284 g/mol. The summed E-state index contributed by atoms with van der Waals surface area (Å²) in [6.45, 7) is 4.08. The van der Waals surface area contributed by atoms with Gasteiger partial charge in [-0.25, -0.2) is 0 Å². The van der Waals surface area contributed by atoms with E-state index in [-0.39, 0.29) is 6.61 Å². The predicted octanol–water partition coefficient (Wildman–Crippen LogP) is 3.73. The van der Waals surface area contributed by atoms with Gasteiger partial charge in [0.25, 0.3) is 0 Å². The smallest absolute Gasteiger partial charge is 0.0682 e. The highest BCUT2D eigenvalue weighted by atomic mass is 79.9. The Morgan fingerprint density at radius 3 is 1.83 bits per heavy atom. The van der Waals surface area contributed by atoms with E-state index in [0.717, 1.165) is 14.5 Å². The number of aliphatic hydroxyl groups is 1. The molecule has 0 fully saturated rings. The average molecular weight is 296 g/mol. The zero-order valence-corrected chi connectivity index (χ0v) is 10.3. The van der Waals surface area contributed by atoms with Crippen LogP contribution in [0.15, 0.2) is 27.1 Å². The third-order valence-electron chi connectivity index (χ3n) is 1.10. The maximum absolute atomic E-state index is 8.74. The van der Waals surface area contributed by atoms with Gasteiger partial charge in [-0.3, -0.25) is 0 Å². The second kappa shape index (κ2) is 6.63. The lowest BCUT2D eigenvalue weighted by molar-refractivity contribution is 0.281. The first-order valence-corrected chi connectivity index (χ1v) is 5.37. The van der Waals surface area contributed by atoms with E-state index < -0.39 is 0 Å². The van der Waals surface area contributed by atoms with Crippen molar-refractivity contribution in [3.63, 3.8) is 0 Å². The number of aliphatic hydroxyl groups excluding tert-OH is 1. The van der Waals surface area contributed by atoms with Crippen molar-refractivity contribution in [1.29, 1.82) is 0 Å². The number of rotatable bonds is 1. The first-order valence-electron chi connectivity index (χ1n) is 3.78. The molecule has 0 bridgehead atoms. The van der Waals surface area contributed by atoms with Crippen LogP contribution >= 0.6 is 31.9 Å². The number of benzene rings is 1. The zero-order chi connectivity index (χ0) is 9.56. The summed E-state index contributed by atoms with van der Waals surface area (Å²) in [7, 11) is 0. The van der Waals surface area contributed by atoms with Crippen LogP contribution in [0.3, 0.4) is 0 Å². The second-order valence-corrected chi connectivity index (χ2v) is 3.77. The number of halogens is 2. The Balaban J connectivity index is 0.000000561. The molecule has 1 aromatic rings. The minimum Gasteiger partial charge on any atom is -0.392 e. The Hall–Kier alpha value is 0.140. The summed E-state index contributed by atoms with van der Waals surface area (Å²) in [5, 5.41) is 8.74. The van der Waals surface area contributed by atoms with Gasteiger partial charge in [0.1, 0.15) is 0 Å². The second-order valence-electron chi connectivity index (χ2n) is 1.94. The predicted molar refractivity (Wildman–Crippen MR) is 59.1 cm³/mol. The van der Waals surface area contributed by atoms with Crippen molar-refractivity contribution >= 4 is 31.9 Å². The van der Waals surface area contributed by atoms with Crippen molar-refractivity contribution in [2.75, 3.05) is 0 Å². The Kier molecular flexibility index (Phi) is 6.71. The Morgan fingerprint density at radius 1 is 1.08 bits per heavy atom. The molecule has 0 saturated heterocycles. The van der Waals surface area contributed by atoms with Crippen LogP contribution in [0, 0.1) is 0 Å². The summed E-state index contributed by atoms with van der Waals surface area (Å²) in [6.07, 6.45) is 0. The molecule has 1 nitrogen and oxygen atoms in total. The lowest BCUT2D eigenvalue weighted by Gasteiger charge is -1.97.